The molecule has 0 aliphatic heterocycles. The van der Waals surface area contributed by atoms with E-state index in [1.807, 2.05) is 6.92 Å². The molecule has 0 heterocycles. The third-order valence-corrected chi connectivity index (χ3v) is 2.31. The molecule has 0 aromatic carbocycles. The molecule has 0 rings (SSSR count). The second-order valence-corrected chi connectivity index (χ2v) is 4.06. The van der Waals surface area contributed by atoms with Crippen molar-refractivity contribution < 1.29 is 19.5 Å². The lowest BCUT2D eigenvalue weighted by molar-refractivity contribution is -0.137. The molecule has 0 fully saturated rings. The molecule has 104 valence electrons. The van der Waals surface area contributed by atoms with Gasteiger partial charge in [-0.15, -0.1) is 0 Å². The van der Waals surface area contributed by atoms with Crippen LogP contribution < -0.4 is 16.4 Å². The number of carbonyl (C=O) groups excluding carboxylic acids is 2. The Morgan fingerprint density at radius 3 is 2.39 bits per heavy atom. The SMILES string of the molecule is CCCNC(=O)C(C)NC(=O)C(N)CCC(=O)O. The maximum Gasteiger partial charge on any atom is 0.303 e. The third-order valence-electron chi connectivity index (χ3n) is 2.31. The van der Waals surface area contributed by atoms with Crippen LogP contribution >= 0.6 is 0 Å². The van der Waals surface area contributed by atoms with Crippen LogP contribution in [0, 0.1) is 0 Å². The molecular weight excluding hydrogens is 238 g/mol. The summed E-state index contributed by atoms with van der Waals surface area (Å²) in [6.07, 6.45) is 0.681. The van der Waals surface area contributed by atoms with Gasteiger partial charge in [0.2, 0.25) is 11.8 Å². The number of carboxylic acids is 1. The van der Waals surface area contributed by atoms with Crippen molar-refractivity contribution in [3.05, 3.63) is 0 Å². The van der Waals surface area contributed by atoms with E-state index in [4.69, 9.17) is 10.8 Å². The van der Waals surface area contributed by atoms with Crippen LogP contribution in [0.3, 0.4) is 0 Å². The fourth-order valence-electron chi connectivity index (χ4n) is 1.20. The highest BCUT2D eigenvalue weighted by Gasteiger charge is 2.20. The van der Waals surface area contributed by atoms with Crippen molar-refractivity contribution in [3.63, 3.8) is 0 Å². The smallest absolute Gasteiger partial charge is 0.303 e. The first-order chi connectivity index (χ1) is 8.38. The van der Waals surface area contributed by atoms with E-state index in [9.17, 15) is 14.4 Å². The molecule has 0 spiro atoms. The van der Waals surface area contributed by atoms with E-state index in [0.29, 0.717) is 6.54 Å². The summed E-state index contributed by atoms with van der Waals surface area (Å²) in [5, 5.41) is 13.5. The first kappa shape index (κ1) is 16.4. The zero-order valence-corrected chi connectivity index (χ0v) is 10.7. The van der Waals surface area contributed by atoms with Gasteiger partial charge in [0, 0.05) is 13.0 Å². The average Bonchev–Trinajstić information content (AvgIpc) is 2.32. The lowest BCUT2D eigenvalue weighted by atomic mass is 10.1. The minimum atomic E-state index is -1.01. The molecule has 0 aromatic rings. The molecule has 0 saturated carbocycles. The van der Waals surface area contributed by atoms with Gasteiger partial charge in [0.15, 0.2) is 0 Å². The van der Waals surface area contributed by atoms with Gasteiger partial charge in [0.1, 0.15) is 6.04 Å². The van der Waals surface area contributed by atoms with E-state index in [2.05, 4.69) is 10.6 Å². The summed E-state index contributed by atoms with van der Waals surface area (Å²) < 4.78 is 0. The summed E-state index contributed by atoms with van der Waals surface area (Å²) in [5.74, 6) is -1.81. The van der Waals surface area contributed by atoms with Gasteiger partial charge >= 0.3 is 5.97 Å². The Morgan fingerprint density at radius 1 is 1.28 bits per heavy atom. The minimum absolute atomic E-state index is 0.0461. The maximum atomic E-state index is 11.5. The molecule has 18 heavy (non-hydrogen) atoms. The molecule has 0 radical (unpaired) electrons. The zero-order chi connectivity index (χ0) is 14.1. The van der Waals surface area contributed by atoms with Crippen molar-refractivity contribution in [2.24, 2.45) is 5.73 Å². The molecule has 0 aliphatic carbocycles. The molecule has 7 nitrogen and oxygen atoms in total. The highest BCUT2D eigenvalue weighted by molar-refractivity contribution is 5.89. The summed E-state index contributed by atoms with van der Waals surface area (Å²) in [7, 11) is 0. The van der Waals surface area contributed by atoms with Crippen LogP contribution in [-0.2, 0) is 14.4 Å². The first-order valence-corrected chi connectivity index (χ1v) is 5.94. The van der Waals surface area contributed by atoms with E-state index >= 15 is 0 Å². The van der Waals surface area contributed by atoms with Crippen molar-refractivity contribution in [3.8, 4) is 0 Å². The number of amides is 2. The van der Waals surface area contributed by atoms with Crippen molar-refractivity contribution in [1.29, 1.82) is 0 Å². The summed E-state index contributed by atoms with van der Waals surface area (Å²) in [6, 6.07) is -1.59. The van der Waals surface area contributed by atoms with Gasteiger partial charge in [-0.25, -0.2) is 0 Å². The Bertz CT molecular complexity index is 307. The molecule has 0 aliphatic rings. The molecule has 0 saturated heterocycles. The van der Waals surface area contributed by atoms with E-state index in [1.165, 1.54) is 0 Å². The largest absolute Gasteiger partial charge is 0.481 e. The molecule has 5 N–H and O–H groups in total. The van der Waals surface area contributed by atoms with Crippen LogP contribution in [0.5, 0.6) is 0 Å². The average molecular weight is 259 g/mol. The van der Waals surface area contributed by atoms with Gasteiger partial charge in [0.25, 0.3) is 0 Å². The number of carboxylic acid groups (broad SMARTS) is 1. The number of carbonyl (C=O) groups is 3. The summed E-state index contributed by atoms with van der Waals surface area (Å²) in [6.45, 7) is 4.02. The van der Waals surface area contributed by atoms with Crippen LogP contribution in [0.2, 0.25) is 0 Å². The highest BCUT2D eigenvalue weighted by atomic mass is 16.4. The van der Waals surface area contributed by atoms with Gasteiger partial charge in [-0.2, -0.15) is 0 Å². The number of hydrogen-bond donors (Lipinski definition) is 4. The molecule has 2 atom stereocenters. The molecular formula is C11H21N3O4. The second-order valence-electron chi connectivity index (χ2n) is 4.06. The van der Waals surface area contributed by atoms with Gasteiger partial charge < -0.3 is 21.5 Å². The van der Waals surface area contributed by atoms with Crippen LogP contribution in [0.15, 0.2) is 0 Å². The monoisotopic (exact) mass is 259 g/mol. The maximum absolute atomic E-state index is 11.5. The predicted molar refractivity (Wildman–Crippen MR) is 65.8 cm³/mol. The van der Waals surface area contributed by atoms with E-state index in [-0.39, 0.29) is 18.7 Å². The Balaban J connectivity index is 4.05. The standard InChI is InChI=1S/C11H21N3O4/c1-3-6-13-10(17)7(2)14-11(18)8(12)4-5-9(15)16/h7-8H,3-6,12H2,1-2H3,(H,13,17)(H,14,18)(H,15,16). The number of hydrogen-bond acceptors (Lipinski definition) is 4. The van der Waals surface area contributed by atoms with Gasteiger partial charge in [-0.1, -0.05) is 6.92 Å². The fourth-order valence-corrected chi connectivity index (χ4v) is 1.20. The number of rotatable bonds is 8. The summed E-state index contributed by atoms with van der Waals surface area (Å²) >= 11 is 0. The van der Waals surface area contributed by atoms with Crippen molar-refractivity contribution in [2.45, 2.75) is 45.2 Å². The van der Waals surface area contributed by atoms with Gasteiger partial charge in [-0.3, -0.25) is 14.4 Å². The van der Waals surface area contributed by atoms with Crippen molar-refractivity contribution in [1.82, 2.24) is 10.6 Å². The minimum Gasteiger partial charge on any atom is -0.481 e. The Kier molecular flexibility index (Phi) is 7.69. The van der Waals surface area contributed by atoms with Crippen LogP contribution in [0.4, 0.5) is 0 Å². The molecule has 0 bridgehead atoms. The zero-order valence-electron chi connectivity index (χ0n) is 10.7. The van der Waals surface area contributed by atoms with Crippen LogP contribution in [0.1, 0.15) is 33.1 Å². The van der Waals surface area contributed by atoms with Gasteiger partial charge in [0.05, 0.1) is 6.04 Å². The molecule has 2 unspecified atom stereocenters. The highest BCUT2D eigenvalue weighted by Crippen LogP contribution is 1.95. The Hall–Kier alpha value is -1.63. The summed E-state index contributed by atoms with van der Waals surface area (Å²) in [5.41, 5.74) is 5.51. The normalized spacial score (nSPS) is 13.5. The second kappa shape index (κ2) is 8.46. The third kappa shape index (κ3) is 6.85. The van der Waals surface area contributed by atoms with Crippen molar-refractivity contribution in [2.75, 3.05) is 6.54 Å². The Morgan fingerprint density at radius 2 is 1.89 bits per heavy atom. The lowest BCUT2D eigenvalue weighted by Crippen LogP contribution is -2.50. The molecule has 2 amide bonds. The Labute approximate surface area is 106 Å². The van der Waals surface area contributed by atoms with Gasteiger partial charge in [-0.05, 0) is 19.8 Å². The van der Waals surface area contributed by atoms with E-state index in [0.717, 1.165) is 6.42 Å². The lowest BCUT2D eigenvalue weighted by Gasteiger charge is -2.16. The van der Waals surface area contributed by atoms with Crippen molar-refractivity contribution >= 4 is 17.8 Å². The fraction of sp³-hybridized carbons (Fsp3) is 0.727. The van der Waals surface area contributed by atoms with Crippen LogP contribution in [-0.4, -0.2) is 41.5 Å². The summed E-state index contributed by atoms with van der Waals surface area (Å²) in [4.78, 5) is 33.3. The quantitative estimate of drug-likeness (QED) is 0.455. The predicted octanol–water partition coefficient (Wildman–Crippen LogP) is -0.791. The molecule has 7 heteroatoms. The first-order valence-electron chi connectivity index (χ1n) is 5.94. The number of aliphatic carboxylic acids is 1. The number of nitrogens with one attached hydrogen (secondary N) is 2. The van der Waals surface area contributed by atoms with E-state index in [1.54, 1.807) is 6.92 Å². The molecule has 0 aromatic heterocycles. The van der Waals surface area contributed by atoms with E-state index < -0.39 is 24.0 Å². The number of nitrogens with two attached hydrogens (primary N) is 1. The van der Waals surface area contributed by atoms with Crippen LogP contribution in [0.25, 0.3) is 0 Å². The topological polar surface area (TPSA) is 122 Å².